The monoisotopic (exact) mass is 431 g/mol. The Kier molecular flexibility index (Phi) is 6.89. The van der Waals surface area contributed by atoms with Gasteiger partial charge in [0.1, 0.15) is 12.1 Å². The molecule has 1 N–H and O–H groups in total. The van der Waals surface area contributed by atoms with Crippen molar-refractivity contribution in [3.63, 3.8) is 0 Å². The van der Waals surface area contributed by atoms with Gasteiger partial charge in [0.2, 0.25) is 0 Å². The first-order valence-electron chi connectivity index (χ1n) is 10.1. The summed E-state index contributed by atoms with van der Waals surface area (Å²) < 4.78 is 37.8. The van der Waals surface area contributed by atoms with Gasteiger partial charge < -0.3 is 9.32 Å². The number of anilines is 1. The van der Waals surface area contributed by atoms with Crippen LogP contribution in [0.3, 0.4) is 0 Å². The van der Waals surface area contributed by atoms with Gasteiger partial charge in [-0.05, 0) is 38.5 Å². The van der Waals surface area contributed by atoms with Gasteiger partial charge in [0.15, 0.2) is 12.4 Å². The highest BCUT2D eigenvalue weighted by atomic mass is 32.2. The van der Waals surface area contributed by atoms with Gasteiger partial charge in [-0.2, -0.15) is 8.42 Å². The van der Waals surface area contributed by atoms with Gasteiger partial charge in [-0.15, -0.1) is 0 Å². The van der Waals surface area contributed by atoms with Crippen LogP contribution in [0, 0.1) is 0 Å². The Bertz CT molecular complexity index is 1170. The Morgan fingerprint density at radius 1 is 1.03 bits per heavy atom. The van der Waals surface area contributed by atoms with E-state index in [9.17, 15) is 13.2 Å². The van der Waals surface area contributed by atoms with Gasteiger partial charge in [0.05, 0.1) is 11.3 Å². The number of rotatable bonds is 9. The summed E-state index contributed by atoms with van der Waals surface area (Å²) in [6.07, 6.45) is 4.69. The van der Waals surface area contributed by atoms with Crippen LogP contribution in [-0.2, 0) is 16.7 Å². The van der Waals surface area contributed by atoms with E-state index < -0.39 is 10.1 Å². The van der Waals surface area contributed by atoms with Crippen LogP contribution in [0.1, 0.15) is 26.7 Å². The van der Waals surface area contributed by atoms with Crippen molar-refractivity contribution >= 4 is 26.8 Å². The van der Waals surface area contributed by atoms with E-state index >= 15 is 0 Å². The zero-order chi connectivity index (χ0) is 21.7. The van der Waals surface area contributed by atoms with Gasteiger partial charge in [-0.3, -0.25) is 4.55 Å². The standard InChI is InChI=1S/C22H26N2O5S/c1-3-24(4-2)19-8-7-18-15-20(22(25)29-21(18)16-19)17-9-12-23(13-10-17)11-5-6-14-30(26,27)28/h7-10,12-13,15-16H,3-6,11,14H2,1-2H3/p+1. The highest BCUT2D eigenvalue weighted by Crippen LogP contribution is 2.24. The molecule has 0 saturated heterocycles. The molecule has 0 radical (unpaired) electrons. The van der Waals surface area contributed by atoms with E-state index in [1.807, 2.05) is 53.4 Å². The molecule has 3 rings (SSSR count). The molecule has 0 bridgehead atoms. The summed E-state index contributed by atoms with van der Waals surface area (Å²) in [6.45, 7) is 6.55. The first-order chi connectivity index (χ1) is 14.3. The van der Waals surface area contributed by atoms with Crippen LogP contribution < -0.4 is 15.1 Å². The van der Waals surface area contributed by atoms with Crippen LogP contribution in [0.15, 0.2) is 58.0 Å². The summed E-state index contributed by atoms with van der Waals surface area (Å²) in [4.78, 5) is 14.8. The molecule has 0 aliphatic heterocycles. The van der Waals surface area contributed by atoms with Crippen molar-refractivity contribution in [2.45, 2.75) is 33.2 Å². The van der Waals surface area contributed by atoms with Crippen molar-refractivity contribution in [2.24, 2.45) is 0 Å². The maximum Gasteiger partial charge on any atom is 0.344 e. The Morgan fingerprint density at radius 3 is 2.37 bits per heavy atom. The molecular formula is C22H27N2O5S+. The van der Waals surface area contributed by atoms with Crippen molar-refractivity contribution in [3.8, 4) is 11.1 Å². The fourth-order valence-corrected chi connectivity index (χ4v) is 4.02. The van der Waals surface area contributed by atoms with E-state index in [-0.39, 0.29) is 11.4 Å². The summed E-state index contributed by atoms with van der Waals surface area (Å²) in [5, 5.41) is 0.863. The summed E-state index contributed by atoms with van der Waals surface area (Å²) >= 11 is 0. The van der Waals surface area contributed by atoms with Crippen LogP contribution in [0.25, 0.3) is 22.1 Å². The number of hydrogen-bond donors (Lipinski definition) is 1. The zero-order valence-corrected chi connectivity index (χ0v) is 18.1. The molecule has 2 aromatic heterocycles. The number of benzene rings is 1. The lowest BCUT2D eigenvalue weighted by Gasteiger charge is -2.21. The molecule has 7 nitrogen and oxygen atoms in total. The fourth-order valence-electron chi connectivity index (χ4n) is 3.45. The molecule has 0 aliphatic carbocycles. The minimum absolute atomic E-state index is 0.236. The lowest BCUT2D eigenvalue weighted by Crippen LogP contribution is -2.32. The number of aryl methyl sites for hydroxylation is 1. The highest BCUT2D eigenvalue weighted by molar-refractivity contribution is 7.85. The fraction of sp³-hybridized carbons (Fsp3) is 0.364. The van der Waals surface area contributed by atoms with Gasteiger partial charge in [0, 0.05) is 54.3 Å². The van der Waals surface area contributed by atoms with Crippen molar-refractivity contribution in [1.82, 2.24) is 0 Å². The topological polar surface area (TPSA) is 91.7 Å². The Morgan fingerprint density at radius 2 is 1.73 bits per heavy atom. The molecule has 0 saturated carbocycles. The summed E-state index contributed by atoms with van der Waals surface area (Å²) in [5.74, 6) is -0.236. The van der Waals surface area contributed by atoms with E-state index in [2.05, 4.69) is 18.7 Å². The molecule has 0 aliphatic rings. The van der Waals surface area contributed by atoms with Gasteiger partial charge in [-0.1, -0.05) is 0 Å². The average Bonchev–Trinajstić information content (AvgIpc) is 2.71. The molecule has 0 unspecified atom stereocenters. The molecular weight excluding hydrogens is 404 g/mol. The first kappa shape index (κ1) is 22.0. The number of aromatic nitrogens is 1. The normalized spacial score (nSPS) is 11.7. The number of fused-ring (bicyclic) bond motifs is 1. The van der Waals surface area contributed by atoms with Crippen molar-refractivity contribution in [3.05, 3.63) is 59.2 Å². The van der Waals surface area contributed by atoms with Crippen molar-refractivity contribution in [2.75, 3.05) is 23.7 Å². The molecule has 1 aromatic carbocycles. The smallest absolute Gasteiger partial charge is 0.344 e. The first-order valence-corrected chi connectivity index (χ1v) is 11.7. The lowest BCUT2D eigenvalue weighted by molar-refractivity contribution is -0.697. The van der Waals surface area contributed by atoms with E-state index in [1.54, 1.807) is 0 Å². The predicted octanol–water partition coefficient (Wildman–Crippen LogP) is 3.26. The summed E-state index contributed by atoms with van der Waals surface area (Å²) in [5.41, 5.74) is 2.46. The molecule has 0 spiro atoms. The molecule has 0 amide bonds. The minimum atomic E-state index is -3.91. The van der Waals surface area contributed by atoms with Crippen LogP contribution in [0.4, 0.5) is 5.69 Å². The predicted molar refractivity (Wildman–Crippen MR) is 117 cm³/mol. The lowest BCUT2D eigenvalue weighted by atomic mass is 10.1. The van der Waals surface area contributed by atoms with Crippen molar-refractivity contribution in [1.29, 1.82) is 0 Å². The quantitative estimate of drug-likeness (QED) is 0.242. The average molecular weight is 432 g/mol. The second-order valence-electron chi connectivity index (χ2n) is 7.16. The Hall–Kier alpha value is -2.71. The number of pyridine rings is 1. The van der Waals surface area contributed by atoms with Gasteiger partial charge in [-0.25, -0.2) is 9.36 Å². The third-order valence-corrected chi connectivity index (χ3v) is 5.92. The number of hydrogen-bond acceptors (Lipinski definition) is 5. The third-order valence-electron chi connectivity index (χ3n) is 5.12. The van der Waals surface area contributed by atoms with Crippen LogP contribution in [0.2, 0.25) is 0 Å². The Balaban J connectivity index is 1.78. The van der Waals surface area contributed by atoms with E-state index in [0.717, 1.165) is 29.7 Å². The van der Waals surface area contributed by atoms with Gasteiger partial charge in [0.25, 0.3) is 10.1 Å². The molecule has 0 atom stereocenters. The van der Waals surface area contributed by atoms with Crippen LogP contribution in [-0.4, -0.2) is 31.8 Å². The number of unbranched alkanes of at least 4 members (excludes halogenated alkanes) is 1. The zero-order valence-electron chi connectivity index (χ0n) is 17.2. The molecule has 0 fully saturated rings. The second-order valence-corrected chi connectivity index (χ2v) is 8.73. The number of nitrogens with zero attached hydrogens (tertiary/aromatic N) is 2. The van der Waals surface area contributed by atoms with Crippen LogP contribution >= 0.6 is 0 Å². The largest absolute Gasteiger partial charge is 0.422 e. The van der Waals surface area contributed by atoms with E-state index in [4.69, 9.17) is 8.97 Å². The van der Waals surface area contributed by atoms with E-state index in [0.29, 0.717) is 30.5 Å². The highest BCUT2D eigenvalue weighted by Gasteiger charge is 2.12. The molecule has 160 valence electrons. The maximum atomic E-state index is 12.6. The summed E-state index contributed by atoms with van der Waals surface area (Å²) in [7, 11) is -3.91. The summed E-state index contributed by atoms with van der Waals surface area (Å²) in [6, 6.07) is 11.4. The third kappa shape index (κ3) is 5.46. The van der Waals surface area contributed by atoms with Crippen molar-refractivity contribution < 1.29 is 22.0 Å². The molecule has 2 heterocycles. The minimum Gasteiger partial charge on any atom is -0.422 e. The van der Waals surface area contributed by atoms with E-state index in [1.165, 1.54) is 0 Å². The van der Waals surface area contributed by atoms with Crippen LogP contribution in [0.5, 0.6) is 0 Å². The Labute approximate surface area is 176 Å². The SMILES string of the molecule is CCN(CC)c1ccc2cc(-c3cc[n+](CCCCS(=O)(=O)O)cc3)c(=O)oc2c1. The second kappa shape index (κ2) is 9.40. The maximum absolute atomic E-state index is 12.6. The van der Waals surface area contributed by atoms with Gasteiger partial charge >= 0.3 is 5.63 Å². The molecule has 8 heteroatoms. The molecule has 30 heavy (non-hydrogen) atoms. The molecule has 3 aromatic rings.